The monoisotopic (exact) mass is 256 g/mol. The van der Waals surface area contributed by atoms with E-state index in [1.165, 1.54) is 0 Å². The number of carbonyl (C=O) groups is 1. The van der Waals surface area contributed by atoms with E-state index in [-0.39, 0.29) is 5.91 Å². The molecule has 0 saturated heterocycles. The third-order valence-corrected chi connectivity index (χ3v) is 2.64. The van der Waals surface area contributed by atoms with Gasteiger partial charge >= 0.3 is 0 Å². The normalized spacial score (nSPS) is 11.6. The number of aromatic nitrogens is 1. The maximum absolute atomic E-state index is 11.9. The van der Waals surface area contributed by atoms with Crippen molar-refractivity contribution in [1.29, 1.82) is 0 Å². The van der Waals surface area contributed by atoms with E-state index < -0.39 is 6.10 Å². The van der Waals surface area contributed by atoms with Crippen molar-refractivity contribution < 1.29 is 9.53 Å². The highest BCUT2D eigenvalue weighted by molar-refractivity contribution is 5.80. The first-order chi connectivity index (χ1) is 9.25. The van der Waals surface area contributed by atoms with Gasteiger partial charge in [0.05, 0.1) is 0 Å². The highest BCUT2D eigenvalue weighted by Crippen LogP contribution is 2.10. The number of rotatable bonds is 5. The number of hydrogen-bond donors (Lipinski definition) is 1. The SMILES string of the molecule is C[C@H](Oc1ccccc1)C(=O)NCc1ccncc1. The molecule has 1 N–H and O–H groups in total. The molecule has 0 spiro atoms. The van der Waals surface area contributed by atoms with E-state index in [0.29, 0.717) is 12.3 Å². The number of nitrogens with zero attached hydrogens (tertiary/aromatic N) is 1. The van der Waals surface area contributed by atoms with Gasteiger partial charge in [-0.2, -0.15) is 0 Å². The van der Waals surface area contributed by atoms with Crippen molar-refractivity contribution in [3.05, 3.63) is 60.4 Å². The number of benzene rings is 1. The molecule has 4 nitrogen and oxygen atoms in total. The first-order valence-corrected chi connectivity index (χ1v) is 6.14. The van der Waals surface area contributed by atoms with Gasteiger partial charge in [0, 0.05) is 18.9 Å². The summed E-state index contributed by atoms with van der Waals surface area (Å²) in [5.41, 5.74) is 1.01. The number of pyridine rings is 1. The van der Waals surface area contributed by atoms with Crippen molar-refractivity contribution in [3.8, 4) is 5.75 Å². The van der Waals surface area contributed by atoms with Crippen LogP contribution in [-0.4, -0.2) is 17.0 Å². The fraction of sp³-hybridized carbons (Fsp3) is 0.200. The first-order valence-electron chi connectivity index (χ1n) is 6.14. The summed E-state index contributed by atoms with van der Waals surface area (Å²) in [4.78, 5) is 15.8. The number of hydrogen-bond acceptors (Lipinski definition) is 3. The molecule has 4 heteroatoms. The van der Waals surface area contributed by atoms with Gasteiger partial charge in [-0.1, -0.05) is 18.2 Å². The van der Waals surface area contributed by atoms with Crippen molar-refractivity contribution in [2.45, 2.75) is 19.6 Å². The van der Waals surface area contributed by atoms with Crippen LogP contribution in [0.25, 0.3) is 0 Å². The summed E-state index contributed by atoms with van der Waals surface area (Å²) in [5.74, 6) is 0.551. The summed E-state index contributed by atoms with van der Waals surface area (Å²) in [7, 11) is 0. The summed E-state index contributed by atoms with van der Waals surface area (Å²) < 4.78 is 5.54. The van der Waals surface area contributed by atoms with Crippen LogP contribution in [0.1, 0.15) is 12.5 Å². The molecule has 0 bridgehead atoms. The van der Waals surface area contributed by atoms with Gasteiger partial charge in [0.1, 0.15) is 5.75 Å². The van der Waals surface area contributed by atoms with Crippen LogP contribution in [-0.2, 0) is 11.3 Å². The van der Waals surface area contributed by atoms with Crippen LogP contribution < -0.4 is 10.1 Å². The molecule has 0 fully saturated rings. The molecule has 0 aliphatic rings. The Hall–Kier alpha value is -2.36. The molecule has 1 atom stereocenters. The second-order valence-corrected chi connectivity index (χ2v) is 4.15. The molecule has 2 aromatic rings. The zero-order valence-electron chi connectivity index (χ0n) is 10.7. The lowest BCUT2D eigenvalue weighted by molar-refractivity contribution is -0.127. The molecule has 1 aromatic heterocycles. The lowest BCUT2D eigenvalue weighted by atomic mass is 10.2. The van der Waals surface area contributed by atoms with Gasteiger partial charge in [0.25, 0.3) is 5.91 Å². The first kappa shape index (κ1) is 13.1. The third-order valence-electron chi connectivity index (χ3n) is 2.64. The number of carbonyl (C=O) groups excluding carboxylic acids is 1. The van der Waals surface area contributed by atoms with Crippen LogP contribution in [0.4, 0.5) is 0 Å². The van der Waals surface area contributed by atoms with Gasteiger partial charge in [0.15, 0.2) is 6.10 Å². The van der Waals surface area contributed by atoms with E-state index in [4.69, 9.17) is 4.74 Å². The minimum absolute atomic E-state index is 0.138. The molecule has 0 aliphatic carbocycles. The van der Waals surface area contributed by atoms with Crippen molar-refractivity contribution in [1.82, 2.24) is 10.3 Å². The Balaban J connectivity index is 1.83. The zero-order chi connectivity index (χ0) is 13.5. The van der Waals surface area contributed by atoms with Gasteiger partial charge in [0.2, 0.25) is 0 Å². The van der Waals surface area contributed by atoms with Gasteiger partial charge in [-0.05, 0) is 36.8 Å². The Kier molecular flexibility index (Phi) is 4.50. The van der Waals surface area contributed by atoms with Crippen LogP contribution in [0, 0.1) is 0 Å². The molecular weight excluding hydrogens is 240 g/mol. The minimum atomic E-state index is -0.524. The van der Waals surface area contributed by atoms with Crippen molar-refractivity contribution in [2.75, 3.05) is 0 Å². The van der Waals surface area contributed by atoms with Crippen LogP contribution in [0.15, 0.2) is 54.9 Å². The summed E-state index contributed by atoms with van der Waals surface area (Å²) in [6.07, 6.45) is 2.88. The van der Waals surface area contributed by atoms with E-state index >= 15 is 0 Å². The molecule has 0 unspecified atom stereocenters. The molecule has 19 heavy (non-hydrogen) atoms. The van der Waals surface area contributed by atoms with E-state index in [2.05, 4.69) is 10.3 Å². The quantitative estimate of drug-likeness (QED) is 0.892. The largest absolute Gasteiger partial charge is 0.481 e. The Bertz CT molecular complexity index is 514. The second-order valence-electron chi connectivity index (χ2n) is 4.15. The fourth-order valence-corrected chi connectivity index (χ4v) is 1.59. The summed E-state index contributed by atoms with van der Waals surface area (Å²) in [6.45, 7) is 2.21. The molecule has 0 radical (unpaired) electrons. The van der Waals surface area contributed by atoms with Gasteiger partial charge in [-0.25, -0.2) is 0 Å². The van der Waals surface area contributed by atoms with Crippen molar-refractivity contribution >= 4 is 5.91 Å². The molecular formula is C15H16N2O2. The number of nitrogens with one attached hydrogen (secondary N) is 1. The number of amides is 1. The van der Waals surface area contributed by atoms with E-state index in [9.17, 15) is 4.79 Å². The molecule has 1 heterocycles. The Labute approximate surface area is 112 Å². The molecule has 0 aliphatic heterocycles. The lowest BCUT2D eigenvalue weighted by Crippen LogP contribution is -2.35. The maximum atomic E-state index is 11.9. The van der Waals surface area contributed by atoms with Gasteiger partial charge < -0.3 is 10.1 Å². The summed E-state index contributed by atoms with van der Waals surface area (Å²) in [6, 6.07) is 13.0. The van der Waals surface area contributed by atoms with Crippen molar-refractivity contribution in [3.63, 3.8) is 0 Å². The molecule has 98 valence electrons. The minimum Gasteiger partial charge on any atom is -0.481 e. The van der Waals surface area contributed by atoms with Crippen LogP contribution in [0.2, 0.25) is 0 Å². The smallest absolute Gasteiger partial charge is 0.261 e. The molecule has 1 aromatic carbocycles. The fourth-order valence-electron chi connectivity index (χ4n) is 1.59. The standard InChI is InChI=1S/C15H16N2O2/c1-12(19-14-5-3-2-4-6-14)15(18)17-11-13-7-9-16-10-8-13/h2-10,12H,11H2,1H3,(H,17,18)/t12-/m0/s1. The Morgan fingerprint density at radius 3 is 2.58 bits per heavy atom. The lowest BCUT2D eigenvalue weighted by Gasteiger charge is -2.14. The van der Waals surface area contributed by atoms with Gasteiger partial charge in [-0.3, -0.25) is 9.78 Å². The highest BCUT2D eigenvalue weighted by atomic mass is 16.5. The highest BCUT2D eigenvalue weighted by Gasteiger charge is 2.13. The molecule has 1 amide bonds. The Morgan fingerprint density at radius 2 is 1.89 bits per heavy atom. The summed E-state index contributed by atoms with van der Waals surface area (Å²) in [5, 5.41) is 2.83. The average molecular weight is 256 g/mol. The molecule has 2 rings (SSSR count). The predicted octanol–water partition coefficient (Wildman–Crippen LogP) is 2.17. The molecule has 0 saturated carbocycles. The second kappa shape index (κ2) is 6.54. The Morgan fingerprint density at radius 1 is 1.21 bits per heavy atom. The van der Waals surface area contributed by atoms with E-state index in [1.54, 1.807) is 19.3 Å². The summed E-state index contributed by atoms with van der Waals surface area (Å²) >= 11 is 0. The van der Waals surface area contributed by atoms with E-state index in [0.717, 1.165) is 5.56 Å². The topological polar surface area (TPSA) is 51.2 Å². The van der Waals surface area contributed by atoms with Crippen LogP contribution >= 0.6 is 0 Å². The maximum Gasteiger partial charge on any atom is 0.261 e. The van der Waals surface area contributed by atoms with E-state index in [1.807, 2.05) is 42.5 Å². The van der Waals surface area contributed by atoms with Crippen molar-refractivity contribution in [2.24, 2.45) is 0 Å². The third kappa shape index (κ3) is 4.10. The van der Waals surface area contributed by atoms with Crippen LogP contribution in [0.5, 0.6) is 5.75 Å². The van der Waals surface area contributed by atoms with Gasteiger partial charge in [-0.15, -0.1) is 0 Å². The number of ether oxygens (including phenoxy) is 1. The predicted molar refractivity (Wildman–Crippen MR) is 72.6 cm³/mol. The number of para-hydroxylation sites is 1. The average Bonchev–Trinajstić information content (AvgIpc) is 2.47. The zero-order valence-corrected chi connectivity index (χ0v) is 10.7. The van der Waals surface area contributed by atoms with Crippen LogP contribution in [0.3, 0.4) is 0 Å².